The quantitative estimate of drug-likeness (QED) is 0.175. The van der Waals surface area contributed by atoms with Crippen molar-refractivity contribution in [1.29, 1.82) is 0 Å². The topological polar surface area (TPSA) is 29.1 Å². The highest BCUT2D eigenvalue weighted by Gasteiger charge is 2.48. The predicted molar refractivity (Wildman–Crippen MR) is 204 cm³/mol. The lowest BCUT2D eigenvalue weighted by Gasteiger charge is -2.31. The van der Waals surface area contributed by atoms with E-state index in [0.717, 1.165) is 28.2 Å². The van der Waals surface area contributed by atoms with Crippen LogP contribution in [-0.2, 0) is 11.0 Å². The lowest BCUT2D eigenvalue weighted by Crippen LogP contribution is -3.00. The van der Waals surface area contributed by atoms with E-state index >= 15 is 0 Å². The van der Waals surface area contributed by atoms with Gasteiger partial charge in [-0.25, -0.2) is 0 Å². The van der Waals surface area contributed by atoms with Crippen LogP contribution in [-0.4, -0.2) is 5.91 Å². The van der Waals surface area contributed by atoms with Crippen LogP contribution in [0.25, 0.3) is 32.7 Å². The second-order valence-electron chi connectivity index (χ2n) is 13.2. The molecule has 0 spiro atoms. The summed E-state index contributed by atoms with van der Waals surface area (Å²) in [5.74, 6) is -0.00715. The van der Waals surface area contributed by atoms with E-state index in [1.165, 1.54) is 37.8 Å². The minimum atomic E-state index is -2.36. The molecule has 7 rings (SSSR count). The Balaban J connectivity index is 0.00000401. The maximum Gasteiger partial charge on any atom is 0.229 e. The van der Waals surface area contributed by atoms with E-state index in [2.05, 4.69) is 169 Å². The van der Waals surface area contributed by atoms with Crippen LogP contribution in [0, 0.1) is 5.41 Å². The Kier molecular flexibility index (Phi) is 9.65. The summed E-state index contributed by atoms with van der Waals surface area (Å²) < 4.78 is 0. The molecule has 0 atom stereocenters. The van der Waals surface area contributed by atoms with Crippen molar-refractivity contribution < 1.29 is 21.8 Å². The van der Waals surface area contributed by atoms with Gasteiger partial charge in [0.25, 0.3) is 0 Å². The summed E-state index contributed by atoms with van der Waals surface area (Å²) in [5.41, 5.74) is 3.83. The standard InChI is InChI=1S/C44H38NOP.BrH/c1-44(2,3)43(46)45-39-29-27-33-19-13-15-25-37(33)41(39)42-38-26-16-14-20-34(38)28-30-40(42)47(35-21-9-5-10-22-35,36-23-11-6-12-24-36)31-32-17-7-4-8-18-32;/h4-30H,31H2,1-3H3;1H. The lowest BCUT2D eigenvalue weighted by molar-refractivity contribution is -0.123. The number of hydrogen-bond donors (Lipinski definition) is 1. The molecular formula is C44H39BrNOP. The number of halogens is 1. The number of carbonyl (C=O) groups excluding carboxylic acids is 1. The van der Waals surface area contributed by atoms with Gasteiger partial charge in [0.15, 0.2) is 0 Å². The van der Waals surface area contributed by atoms with Crippen LogP contribution in [0.2, 0.25) is 0 Å². The second-order valence-corrected chi connectivity index (χ2v) is 16.7. The van der Waals surface area contributed by atoms with Crippen molar-refractivity contribution in [2.24, 2.45) is 5.41 Å². The molecule has 0 fully saturated rings. The molecule has 7 aromatic carbocycles. The van der Waals surface area contributed by atoms with Crippen LogP contribution >= 0.6 is 7.26 Å². The number of nitrogens with one attached hydrogen (secondary N) is 1. The molecule has 1 N–H and O–H groups in total. The number of fused-ring (bicyclic) bond motifs is 2. The van der Waals surface area contributed by atoms with Crippen LogP contribution in [0.5, 0.6) is 0 Å². The third-order valence-corrected chi connectivity index (χ3v) is 13.5. The molecule has 238 valence electrons. The van der Waals surface area contributed by atoms with Gasteiger partial charge in [-0.2, -0.15) is 0 Å². The van der Waals surface area contributed by atoms with Crippen molar-refractivity contribution in [3.8, 4) is 11.1 Å². The van der Waals surface area contributed by atoms with Gasteiger partial charge < -0.3 is 22.3 Å². The summed E-state index contributed by atoms with van der Waals surface area (Å²) in [4.78, 5) is 13.7. The molecule has 0 radical (unpaired) electrons. The van der Waals surface area contributed by atoms with Gasteiger partial charge in [0.2, 0.25) is 5.91 Å². The van der Waals surface area contributed by atoms with Gasteiger partial charge in [-0.1, -0.05) is 148 Å². The molecule has 0 bridgehead atoms. The van der Waals surface area contributed by atoms with Gasteiger partial charge in [0.05, 0.1) is 6.16 Å². The zero-order valence-corrected chi connectivity index (χ0v) is 30.0. The SMILES string of the molecule is CC(C)(C)C(=O)Nc1ccc2ccccc2c1-c1c([P+](Cc2ccccc2)(c2ccccc2)c2ccccc2)ccc2ccccc12.[Br-]. The summed E-state index contributed by atoms with van der Waals surface area (Å²) in [5, 5.41) is 12.0. The minimum Gasteiger partial charge on any atom is -1.00 e. The molecule has 0 aliphatic heterocycles. The molecule has 4 heteroatoms. The Morgan fingerprint density at radius 1 is 0.542 bits per heavy atom. The molecule has 0 aliphatic rings. The molecule has 0 aliphatic carbocycles. The highest BCUT2D eigenvalue weighted by atomic mass is 79.9. The van der Waals surface area contributed by atoms with E-state index in [-0.39, 0.29) is 22.9 Å². The first-order valence-electron chi connectivity index (χ1n) is 16.3. The van der Waals surface area contributed by atoms with E-state index in [1.807, 2.05) is 20.8 Å². The molecular weight excluding hydrogens is 669 g/mol. The van der Waals surface area contributed by atoms with E-state index in [1.54, 1.807) is 0 Å². The number of rotatable bonds is 7. The van der Waals surface area contributed by atoms with Gasteiger partial charge >= 0.3 is 0 Å². The van der Waals surface area contributed by atoms with Crippen LogP contribution in [0.1, 0.15) is 26.3 Å². The average Bonchev–Trinajstić information content (AvgIpc) is 3.11. The Morgan fingerprint density at radius 3 is 1.54 bits per heavy atom. The maximum absolute atomic E-state index is 13.7. The Hall–Kier alpha value is -4.56. The van der Waals surface area contributed by atoms with Crippen molar-refractivity contribution in [2.75, 3.05) is 5.32 Å². The summed E-state index contributed by atoms with van der Waals surface area (Å²) >= 11 is 0. The monoisotopic (exact) mass is 707 g/mol. The molecule has 7 aromatic rings. The molecule has 1 amide bonds. The summed E-state index contributed by atoms with van der Waals surface area (Å²) in [6.45, 7) is 5.90. The summed E-state index contributed by atoms with van der Waals surface area (Å²) in [6.07, 6.45) is 0.863. The fraction of sp³-hybridized carbons (Fsp3) is 0.114. The normalized spacial score (nSPS) is 11.6. The number of anilines is 1. The van der Waals surface area contributed by atoms with Gasteiger partial charge in [0.1, 0.15) is 23.2 Å². The summed E-state index contributed by atoms with van der Waals surface area (Å²) in [7, 11) is -2.36. The van der Waals surface area contributed by atoms with E-state index in [4.69, 9.17) is 0 Å². The van der Waals surface area contributed by atoms with Crippen LogP contribution in [0.4, 0.5) is 5.69 Å². The van der Waals surface area contributed by atoms with E-state index < -0.39 is 12.7 Å². The summed E-state index contributed by atoms with van der Waals surface area (Å²) in [6, 6.07) is 59.2. The van der Waals surface area contributed by atoms with Crippen LogP contribution in [0.3, 0.4) is 0 Å². The van der Waals surface area contributed by atoms with Crippen molar-refractivity contribution in [2.45, 2.75) is 26.9 Å². The third-order valence-electron chi connectivity index (χ3n) is 9.08. The zero-order valence-electron chi connectivity index (χ0n) is 27.5. The molecule has 48 heavy (non-hydrogen) atoms. The van der Waals surface area contributed by atoms with Gasteiger partial charge in [-0.05, 0) is 63.5 Å². The third kappa shape index (κ3) is 6.21. The maximum atomic E-state index is 13.7. The Labute approximate surface area is 295 Å². The molecule has 0 aromatic heterocycles. The number of hydrogen-bond acceptors (Lipinski definition) is 1. The molecule has 2 nitrogen and oxygen atoms in total. The van der Waals surface area contributed by atoms with Crippen LogP contribution < -0.4 is 38.2 Å². The number of carbonyl (C=O) groups is 1. The average molecular weight is 709 g/mol. The molecule has 0 heterocycles. The second kappa shape index (κ2) is 13.9. The van der Waals surface area contributed by atoms with Crippen molar-refractivity contribution in [3.63, 3.8) is 0 Å². The first kappa shape index (κ1) is 33.3. The molecule has 0 unspecified atom stereocenters. The predicted octanol–water partition coefficient (Wildman–Crippen LogP) is 7.14. The minimum absolute atomic E-state index is 0. The fourth-order valence-electron chi connectivity index (χ4n) is 6.71. The van der Waals surface area contributed by atoms with E-state index in [0.29, 0.717) is 0 Å². The molecule has 0 saturated heterocycles. The lowest BCUT2D eigenvalue weighted by atomic mass is 9.91. The Morgan fingerprint density at radius 2 is 1.00 bits per heavy atom. The number of benzene rings is 7. The van der Waals surface area contributed by atoms with Gasteiger partial charge in [-0.3, -0.25) is 4.79 Å². The Bertz CT molecular complexity index is 2150. The van der Waals surface area contributed by atoms with Gasteiger partial charge in [0, 0.05) is 22.2 Å². The largest absolute Gasteiger partial charge is 1.00 e. The highest BCUT2D eigenvalue weighted by Crippen LogP contribution is 2.61. The van der Waals surface area contributed by atoms with Crippen molar-refractivity contribution in [3.05, 3.63) is 169 Å². The highest BCUT2D eigenvalue weighted by molar-refractivity contribution is 7.95. The van der Waals surface area contributed by atoms with E-state index in [9.17, 15) is 4.79 Å². The van der Waals surface area contributed by atoms with Crippen LogP contribution in [0.15, 0.2) is 164 Å². The number of amides is 1. The van der Waals surface area contributed by atoms with Crippen molar-refractivity contribution >= 4 is 56.3 Å². The first-order chi connectivity index (χ1) is 22.9. The molecule has 0 saturated carbocycles. The zero-order chi connectivity index (χ0) is 32.4. The van der Waals surface area contributed by atoms with Crippen molar-refractivity contribution in [1.82, 2.24) is 0 Å². The fourth-order valence-corrected chi connectivity index (χ4v) is 11.2. The first-order valence-corrected chi connectivity index (χ1v) is 18.2. The van der Waals surface area contributed by atoms with Gasteiger partial charge in [-0.15, -0.1) is 0 Å². The smallest absolute Gasteiger partial charge is 0.229 e.